The number of aromatic carboxylic acids is 1. The summed E-state index contributed by atoms with van der Waals surface area (Å²) in [6, 6.07) is 0.539. The smallest absolute Gasteiger partial charge is 0.347 e. The molecule has 0 spiro atoms. The number of nitrogens with zero attached hydrogens (tertiary/aromatic N) is 3. The summed E-state index contributed by atoms with van der Waals surface area (Å²) in [6.45, 7) is 1.88. The summed E-state index contributed by atoms with van der Waals surface area (Å²) >= 11 is 1.25. The van der Waals surface area contributed by atoms with Crippen molar-refractivity contribution in [2.45, 2.75) is 12.5 Å². The molecule has 1 aromatic rings. The molecule has 1 aromatic heterocycles. The molecule has 1 unspecified atom stereocenters. The number of hydrogen-bond donors (Lipinski definition) is 1. The van der Waals surface area contributed by atoms with Crippen LogP contribution in [0.2, 0.25) is 0 Å². The van der Waals surface area contributed by atoms with Crippen LogP contribution in [0.25, 0.3) is 0 Å². The first-order valence-electron chi connectivity index (χ1n) is 5.18. The van der Waals surface area contributed by atoms with Crippen LogP contribution >= 0.6 is 11.3 Å². The molecule has 1 aliphatic heterocycles. The van der Waals surface area contributed by atoms with Crippen molar-refractivity contribution in [3.05, 3.63) is 11.1 Å². The molecule has 0 amide bonds. The number of thiazole rings is 1. The second-order valence-electron chi connectivity index (χ2n) is 4.16. The van der Waals surface area contributed by atoms with Crippen molar-refractivity contribution in [3.63, 3.8) is 0 Å². The average Bonchev–Trinajstić information content (AvgIpc) is 2.86. The molecule has 1 N–H and O–H groups in total. The Hall–Kier alpha value is -1.14. The van der Waals surface area contributed by atoms with Gasteiger partial charge in [0.1, 0.15) is 4.88 Å². The first-order valence-corrected chi connectivity index (χ1v) is 6.00. The van der Waals surface area contributed by atoms with Gasteiger partial charge in [-0.25, -0.2) is 9.78 Å². The lowest BCUT2D eigenvalue weighted by atomic mass is 10.2. The zero-order valence-corrected chi connectivity index (χ0v) is 10.2. The van der Waals surface area contributed by atoms with Gasteiger partial charge in [0.05, 0.1) is 6.20 Å². The topological polar surface area (TPSA) is 56.7 Å². The van der Waals surface area contributed by atoms with E-state index in [1.165, 1.54) is 17.5 Å². The zero-order chi connectivity index (χ0) is 11.7. The number of likely N-dealkylation sites (N-methyl/N-ethyl adjacent to an activating group) is 1. The minimum absolute atomic E-state index is 0.309. The molecule has 0 bridgehead atoms. The van der Waals surface area contributed by atoms with Crippen molar-refractivity contribution in [3.8, 4) is 0 Å². The minimum Gasteiger partial charge on any atom is -0.477 e. The number of hydrogen-bond acceptors (Lipinski definition) is 5. The molecule has 16 heavy (non-hydrogen) atoms. The SMILES string of the molecule is CN(C)C1CCN(c2ncc(C(=O)O)s2)C1. The van der Waals surface area contributed by atoms with E-state index < -0.39 is 5.97 Å². The Bertz CT molecular complexity index is 391. The fraction of sp³-hybridized carbons (Fsp3) is 0.600. The van der Waals surface area contributed by atoms with E-state index in [0.717, 1.165) is 24.6 Å². The highest BCUT2D eigenvalue weighted by Crippen LogP contribution is 2.26. The van der Waals surface area contributed by atoms with Crippen LogP contribution in [0, 0.1) is 0 Å². The molecule has 2 heterocycles. The van der Waals surface area contributed by atoms with Gasteiger partial charge < -0.3 is 14.9 Å². The molecule has 0 radical (unpaired) electrons. The summed E-state index contributed by atoms with van der Waals surface area (Å²) in [6.07, 6.45) is 2.54. The molecular formula is C10H15N3O2S. The van der Waals surface area contributed by atoms with E-state index in [1.807, 2.05) is 0 Å². The van der Waals surface area contributed by atoms with E-state index in [4.69, 9.17) is 5.11 Å². The van der Waals surface area contributed by atoms with Crippen LogP contribution in [-0.4, -0.2) is 54.2 Å². The molecule has 2 rings (SSSR count). The standard InChI is InChI=1S/C10H15N3O2S/c1-12(2)7-3-4-13(6-7)10-11-5-8(16-10)9(14)15/h5,7H,3-4,6H2,1-2H3,(H,14,15). The van der Waals surface area contributed by atoms with Crippen LogP contribution in [0.5, 0.6) is 0 Å². The van der Waals surface area contributed by atoms with Gasteiger partial charge in [0, 0.05) is 19.1 Å². The van der Waals surface area contributed by atoms with Crippen LogP contribution < -0.4 is 4.90 Å². The third-order valence-electron chi connectivity index (χ3n) is 2.87. The molecule has 5 nitrogen and oxygen atoms in total. The molecule has 1 atom stereocenters. The van der Waals surface area contributed by atoms with Crippen molar-refractivity contribution in [1.29, 1.82) is 0 Å². The minimum atomic E-state index is -0.896. The molecular weight excluding hydrogens is 226 g/mol. The molecule has 0 aromatic carbocycles. The quantitative estimate of drug-likeness (QED) is 0.855. The summed E-state index contributed by atoms with van der Waals surface area (Å²) in [5.41, 5.74) is 0. The zero-order valence-electron chi connectivity index (χ0n) is 9.38. The van der Waals surface area contributed by atoms with E-state index in [1.54, 1.807) is 0 Å². The lowest BCUT2D eigenvalue weighted by Gasteiger charge is -2.19. The van der Waals surface area contributed by atoms with Gasteiger partial charge in [0.25, 0.3) is 0 Å². The molecule has 88 valence electrons. The fourth-order valence-electron chi connectivity index (χ4n) is 1.85. The first kappa shape index (κ1) is 11.3. The number of carbonyl (C=O) groups is 1. The van der Waals surface area contributed by atoms with Crippen LogP contribution in [0.15, 0.2) is 6.20 Å². The van der Waals surface area contributed by atoms with Crippen molar-refractivity contribution < 1.29 is 9.90 Å². The summed E-state index contributed by atoms with van der Waals surface area (Å²) < 4.78 is 0. The maximum atomic E-state index is 10.7. The normalized spacial score (nSPS) is 20.7. The lowest BCUT2D eigenvalue weighted by molar-refractivity contribution is 0.0702. The largest absolute Gasteiger partial charge is 0.477 e. The molecule has 1 aliphatic rings. The van der Waals surface area contributed by atoms with Crippen molar-refractivity contribution >= 4 is 22.4 Å². The van der Waals surface area contributed by atoms with Gasteiger partial charge in [-0.15, -0.1) is 0 Å². The number of carboxylic acid groups (broad SMARTS) is 1. The summed E-state index contributed by atoms with van der Waals surface area (Å²) in [7, 11) is 4.14. The highest BCUT2D eigenvalue weighted by Gasteiger charge is 2.26. The number of rotatable bonds is 3. The molecule has 6 heteroatoms. The number of carboxylic acids is 1. The molecule has 1 fully saturated rings. The maximum Gasteiger partial charge on any atom is 0.347 e. The van der Waals surface area contributed by atoms with Crippen LogP contribution in [0.3, 0.4) is 0 Å². The van der Waals surface area contributed by atoms with Crippen LogP contribution in [0.4, 0.5) is 5.13 Å². The van der Waals surface area contributed by atoms with E-state index in [-0.39, 0.29) is 0 Å². The Balaban J connectivity index is 2.06. The second-order valence-corrected chi connectivity index (χ2v) is 5.17. The summed E-state index contributed by atoms with van der Waals surface area (Å²) in [5.74, 6) is -0.896. The Morgan fingerprint density at radius 3 is 2.94 bits per heavy atom. The van der Waals surface area contributed by atoms with Crippen molar-refractivity contribution in [2.75, 3.05) is 32.1 Å². The number of anilines is 1. The summed E-state index contributed by atoms with van der Waals surface area (Å²) in [5, 5.41) is 9.65. The van der Waals surface area contributed by atoms with E-state index in [2.05, 4.69) is 28.9 Å². The third kappa shape index (κ3) is 2.17. The Kier molecular flexibility index (Phi) is 3.11. The van der Waals surface area contributed by atoms with Gasteiger partial charge in [-0.3, -0.25) is 0 Å². The van der Waals surface area contributed by atoms with Gasteiger partial charge >= 0.3 is 5.97 Å². The molecule has 1 saturated heterocycles. The Morgan fingerprint density at radius 1 is 1.69 bits per heavy atom. The van der Waals surface area contributed by atoms with Gasteiger partial charge in [0.15, 0.2) is 5.13 Å². The van der Waals surface area contributed by atoms with Gasteiger partial charge in [0.2, 0.25) is 0 Å². The van der Waals surface area contributed by atoms with Crippen LogP contribution in [0.1, 0.15) is 16.1 Å². The average molecular weight is 241 g/mol. The highest BCUT2D eigenvalue weighted by molar-refractivity contribution is 7.17. The highest BCUT2D eigenvalue weighted by atomic mass is 32.1. The van der Waals surface area contributed by atoms with Gasteiger partial charge in [-0.2, -0.15) is 0 Å². The second kappa shape index (κ2) is 4.39. The van der Waals surface area contributed by atoms with Gasteiger partial charge in [-0.1, -0.05) is 11.3 Å². The molecule has 0 aliphatic carbocycles. The Labute approximate surface area is 98.3 Å². The predicted molar refractivity (Wildman–Crippen MR) is 63.4 cm³/mol. The van der Waals surface area contributed by atoms with Gasteiger partial charge in [-0.05, 0) is 20.5 Å². The van der Waals surface area contributed by atoms with E-state index >= 15 is 0 Å². The first-order chi connectivity index (χ1) is 7.58. The summed E-state index contributed by atoms with van der Waals surface area (Å²) in [4.78, 5) is 19.6. The van der Waals surface area contributed by atoms with E-state index in [0.29, 0.717) is 10.9 Å². The predicted octanol–water partition coefficient (Wildman–Crippen LogP) is 0.982. The monoisotopic (exact) mass is 241 g/mol. The van der Waals surface area contributed by atoms with E-state index in [9.17, 15) is 4.79 Å². The van der Waals surface area contributed by atoms with Crippen LogP contribution in [-0.2, 0) is 0 Å². The maximum absolute atomic E-state index is 10.7. The van der Waals surface area contributed by atoms with Crippen molar-refractivity contribution in [1.82, 2.24) is 9.88 Å². The van der Waals surface area contributed by atoms with Crippen molar-refractivity contribution in [2.24, 2.45) is 0 Å². The third-order valence-corrected chi connectivity index (χ3v) is 3.91. The number of aromatic nitrogens is 1. The Morgan fingerprint density at radius 2 is 2.44 bits per heavy atom. The fourth-order valence-corrected chi connectivity index (χ4v) is 2.64. The lowest BCUT2D eigenvalue weighted by Crippen LogP contribution is -2.31. The molecule has 0 saturated carbocycles.